The van der Waals surface area contributed by atoms with E-state index in [-0.39, 0.29) is 18.3 Å². The number of hydrogen-bond donors (Lipinski definition) is 1. The Bertz CT molecular complexity index is 1080. The van der Waals surface area contributed by atoms with Gasteiger partial charge in [-0.25, -0.2) is 4.98 Å². The Balaban J connectivity index is 1.64. The number of nitriles is 1. The normalized spacial score (nSPS) is 21.8. The third kappa shape index (κ3) is 4.64. The monoisotopic (exact) mass is 482 g/mol. The molecule has 2 heterocycles. The number of halogens is 5. The van der Waals surface area contributed by atoms with Gasteiger partial charge in [0.25, 0.3) is 0 Å². The number of benzene rings is 1. The van der Waals surface area contributed by atoms with Crippen molar-refractivity contribution in [3.05, 3.63) is 57.7 Å². The average Bonchev–Trinajstić information content (AvgIpc) is 3.38. The van der Waals surface area contributed by atoms with E-state index in [9.17, 15) is 23.2 Å². The summed E-state index contributed by atoms with van der Waals surface area (Å²) in [6.07, 6.45) is -1.51. The summed E-state index contributed by atoms with van der Waals surface area (Å²) in [7, 11) is 0. The maximum absolute atomic E-state index is 13.7. The molecule has 1 aromatic heterocycles. The van der Waals surface area contributed by atoms with Gasteiger partial charge in [0.15, 0.2) is 0 Å². The van der Waals surface area contributed by atoms with Crippen LogP contribution in [0.1, 0.15) is 30.4 Å². The molecule has 0 unspecified atom stereocenters. The van der Waals surface area contributed by atoms with Crippen LogP contribution in [0.25, 0.3) is 0 Å². The maximum Gasteiger partial charge on any atom is 0.419 e. The van der Waals surface area contributed by atoms with Crippen LogP contribution in [0.4, 0.5) is 19.0 Å². The van der Waals surface area contributed by atoms with Crippen molar-refractivity contribution < 1.29 is 18.0 Å². The smallest absolute Gasteiger partial charge is 0.344 e. The topological polar surface area (TPSA) is 69.0 Å². The number of pyridine rings is 1. The zero-order chi connectivity index (χ0) is 23.1. The first-order valence-corrected chi connectivity index (χ1v) is 10.8. The van der Waals surface area contributed by atoms with Crippen LogP contribution in [0.3, 0.4) is 0 Å². The molecule has 2 atom stereocenters. The van der Waals surface area contributed by atoms with Crippen molar-refractivity contribution >= 4 is 34.9 Å². The van der Waals surface area contributed by atoms with Crippen molar-refractivity contribution in [2.75, 3.05) is 11.4 Å². The summed E-state index contributed by atoms with van der Waals surface area (Å²) < 4.78 is 41.0. The fourth-order valence-corrected chi connectivity index (χ4v) is 4.59. The first kappa shape index (κ1) is 22.7. The Labute approximate surface area is 193 Å². The van der Waals surface area contributed by atoms with Crippen molar-refractivity contribution in [1.82, 2.24) is 10.3 Å². The van der Waals surface area contributed by atoms with Gasteiger partial charge in [-0.15, -0.1) is 0 Å². The van der Waals surface area contributed by atoms with E-state index in [0.29, 0.717) is 35.7 Å². The molecule has 32 heavy (non-hydrogen) atoms. The lowest BCUT2D eigenvalue weighted by Crippen LogP contribution is -2.48. The molecule has 0 bridgehead atoms. The minimum Gasteiger partial charge on any atom is -0.344 e. The highest BCUT2D eigenvalue weighted by molar-refractivity contribution is 6.35. The minimum atomic E-state index is -4.62. The van der Waals surface area contributed by atoms with Crippen molar-refractivity contribution in [1.29, 1.82) is 5.26 Å². The Morgan fingerprint density at radius 2 is 2.06 bits per heavy atom. The highest BCUT2D eigenvalue weighted by Gasteiger charge is 2.48. The van der Waals surface area contributed by atoms with Gasteiger partial charge in [-0.2, -0.15) is 18.4 Å². The van der Waals surface area contributed by atoms with Crippen molar-refractivity contribution in [3.63, 3.8) is 0 Å². The molecule has 1 saturated heterocycles. The predicted octanol–water partition coefficient (Wildman–Crippen LogP) is 5.02. The van der Waals surface area contributed by atoms with Crippen LogP contribution in [0.15, 0.2) is 36.5 Å². The van der Waals surface area contributed by atoms with Gasteiger partial charge in [0.05, 0.1) is 11.6 Å². The van der Waals surface area contributed by atoms with Crippen LogP contribution in [0, 0.1) is 17.2 Å². The second-order valence-corrected chi connectivity index (χ2v) is 9.11. The first-order chi connectivity index (χ1) is 15.1. The lowest BCUT2D eigenvalue weighted by Gasteiger charge is -2.28. The maximum atomic E-state index is 13.7. The Kier molecular flexibility index (Phi) is 5.99. The number of hydrogen-bond acceptors (Lipinski definition) is 4. The predicted molar refractivity (Wildman–Crippen MR) is 114 cm³/mol. The summed E-state index contributed by atoms with van der Waals surface area (Å²) in [5.74, 6) is -0.899. The fourth-order valence-electron chi connectivity index (χ4n) is 4.11. The fraction of sp³-hybridized carbons (Fsp3) is 0.409. The number of carbonyl (C=O) groups is 1. The van der Waals surface area contributed by atoms with Crippen LogP contribution in [-0.2, 0) is 17.4 Å². The van der Waals surface area contributed by atoms with E-state index in [2.05, 4.69) is 16.4 Å². The number of anilines is 1. The third-order valence-electron chi connectivity index (χ3n) is 5.90. The molecule has 0 radical (unpaired) electrons. The summed E-state index contributed by atoms with van der Waals surface area (Å²) in [6, 6.07) is 8.47. The van der Waals surface area contributed by atoms with Crippen LogP contribution in [0.2, 0.25) is 10.0 Å². The van der Waals surface area contributed by atoms with E-state index >= 15 is 0 Å². The lowest BCUT2D eigenvalue weighted by atomic mass is 9.96. The molecule has 4 rings (SSSR count). The first-order valence-electron chi connectivity index (χ1n) is 10.1. The van der Waals surface area contributed by atoms with Gasteiger partial charge in [-0.05, 0) is 61.4 Å². The Morgan fingerprint density at radius 1 is 1.31 bits per heavy atom. The Hall–Kier alpha value is -2.50. The quantitative estimate of drug-likeness (QED) is 0.649. The van der Waals surface area contributed by atoms with Gasteiger partial charge in [0.2, 0.25) is 5.91 Å². The molecule has 1 aromatic carbocycles. The molecule has 1 aliphatic heterocycles. The number of rotatable bonds is 5. The molecule has 1 amide bonds. The van der Waals surface area contributed by atoms with Crippen LogP contribution >= 0.6 is 23.2 Å². The number of nitrogens with one attached hydrogen (secondary N) is 1. The SMILES string of the molecule is N#CC1(NC(=O)[C@@H]2C[C@@H](Cc3ccc(Cl)cc3Cl)CN2c2ncccc2C(F)(F)F)CC1. The molecule has 1 aliphatic carbocycles. The number of amides is 1. The zero-order valence-corrected chi connectivity index (χ0v) is 18.3. The van der Waals surface area contributed by atoms with Gasteiger partial charge >= 0.3 is 6.18 Å². The van der Waals surface area contributed by atoms with Crippen LogP contribution in [-0.4, -0.2) is 29.0 Å². The van der Waals surface area contributed by atoms with Crippen LogP contribution in [0.5, 0.6) is 0 Å². The summed E-state index contributed by atoms with van der Waals surface area (Å²) in [4.78, 5) is 18.4. The molecule has 1 saturated carbocycles. The van der Waals surface area contributed by atoms with E-state index in [1.165, 1.54) is 17.2 Å². The number of aromatic nitrogens is 1. The van der Waals surface area contributed by atoms with E-state index in [4.69, 9.17) is 23.2 Å². The molecular formula is C22H19Cl2F3N4O. The minimum absolute atomic E-state index is 0.148. The number of nitrogens with zero attached hydrogens (tertiary/aromatic N) is 3. The highest BCUT2D eigenvalue weighted by Crippen LogP contribution is 2.41. The second-order valence-electron chi connectivity index (χ2n) is 8.27. The summed E-state index contributed by atoms with van der Waals surface area (Å²) in [5.41, 5.74) is -1.02. The Morgan fingerprint density at radius 3 is 2.69 bits per heavy atom. The molecule has 10 heteroatoms. The number of carbonyl (C=O) groups excluding carboxylic acids is 1. The molecule has 2 aromatic rings. The van der Waals surface area contributed by atoms with E-state index in [1.807, 2.05) is 0 Å². The van der Waals surface area contributed by atoms with Gasteiger partial charge in [-0.1, -0.05) is 29.3 Å². The van der Waals surface area contributed by atoms with E-state index in [0.717, 1.165) is 11.6 Å². The number of alkyl halides is 3. The molecule has 2 aliphatic rings. The van der Waals surface area contributed by atoms with Gasteiger partial charge in [0, 0.05) is 22.8 Å². The molecule has 0 spiro atoms. The van der Waals surface area contributed by atoms with Crippen LogP contribution < -0.4 is 10.2 Å². The van der Waals surface area contributed by atoms with Crippen molar-refractivity contribution in [2.45, 2.75) is 43.4 Å². The molecule has 1 N–H and O–H groups in total. The average molecular weight is 483 g/mol. The van der Waals surface area contributed by atoms with Crippen molar-refractivity contribution in [2.24, 2.45) is 5.92 Å². The molecule has 168 valence electrons. The highest BCUT2D eigenvalue weighted by atomic mass is 35.5. The van der Waals surface area contributed by atoms with Crippen molar-refractivity contribution in [3.8, 4) is 6.07 Å². The summed E-state index contributed by atoms with van der Waals surface area (Å²) in [6.45, 7) is 0.191. The second kappa shape index (κ2) is 8.45. The molecule has 5 nitrogen and oxygen atoms in total. The third-order valence-corrected chi connectivity index (χ3v) is 6.49. The summed E-state index contributed by atoms with van der Waals surface area (Å²) >= 11 is 12.2. The van der Waals surface area contributed by atoms with Gasteiger partial charge < -0.3 is 10.2 Å². The molecular weight excluding hydrogens is 464 g/mol. The standard InChI is InChI=1S/C22H19Cl2F3N4O/c23-15-4-3-14(17(24)10-15)8-13-9-18(20(32)30-21(12-28)5-6-21)31(11-13)19-16(22(25,26)27)2-1-7-29-19/h1-4,7,10,13,18H,5-6,8-9,11H2,(H,30,32)/t13-,18+/m1/s1. The van der Waals surface area contributed by atoms with Gasteiger partial charge in [0.1, 0.15) is 17.4 Å². The van der Waals surface area contributed by atoms with E-state index in [1.54, 1.807) is 18.2 Å². The lowest BCUT2D eigenvalue weighted by molar-refractivity contribution is -0.137. The summed E-state index contributed by atoms with van der Waals surface area (Å²) in [5, 5.41) is 13.0. The molecule has 2 fully saturated rings. The zero-order valence-electron chi connectivity index (χ0n) is 16.8. The van der Waals surface area contributed by atoms with E-state index < -0.39 is 29.2 Å². The van der Waals surface area contributed by atoms with Gasteiger partial charge in [-0.3, -0.25) is 4.79 Å². The largest absolute Gasteiger partial charge is 0.419 e.